The van der Waals surface area contributed by atoms with Crippen LogP contribution in [0, 0.1) is 0 Å². The van der Waals surface area contributed by atoms with Gasteiger partial charge in [0.2, 0.25) is 0 Å². The lowest BCUT2D eigenvalue weighted by Gasteiger charge is -2.34. The van der Waals surface area contributed by atoms with Gasteiger partial charge in [0.15, 0.2) is 11.6 Å². The summed E-state index contributed by atoms with van der Waals surface area (Å²) in [6, 6.07) is 10.5. The van der Waals surface area contributed by atoms with Gasteiger partial charge in [-0.1, -0.05) is 30.3 Å². The number of nitrogens with zero attached hydrogens (tertiary/aromatic N) is 1. The molecule has 204 valence electrons. The van der Waals surface area contributed by atoms with Gasteiger partial charge in [-0.2, -0.15) is 0 Å². The minimum Gasteiger partial charge on any atom is -0.378 e. The third kappa shape index (κ3) is 8.44. The van der Waals surface area contributed by atoms with E-state index < -0.39 is 23.8 Å². The van der Waals surface area contributed by atoms with Crippen LogP contribution in [0.4, 0.5) is 0 Å². The molecule has 0 bridgehead atoms. The predicted molar refractivity (Wildman–Crippen MR) is 133 cm³/mol. The van der Waals surface area contributed by atoms with E-state index in [-0.39, 0.29) is 12.2 Å². The van der Waals surface area contributed by atoms with Gasteiger partial charge in [0.25, 0.3) is 0 Å². The molecule has 9 heteroatoms. The Kier molecular flexibility index (Phi) is 10.1. The molecule has 0 aliphatic carbocycles. The van der Waals surface area contributed by atoms with E-state index in [1.54, 1.807) is 0 Å². The van der Waals surface area contributed by atoms with Gasteiger partial charge in [-0.25, -0.2) is 0 Å². The second-order valence-electron chi connectivity index (χ2n) is 10.4. The van der Waals surface area contributed by atoms with E-state index in [1.807, 2.05) is 33.8 Å². The summed E-state index contributed by atoms with van der Waals surface area (Å²) in [5, 5.41) is 0. The Balaban J connectivity index is 1.40. The third-order valence-electron chi connectivity index (χ3n) is 6.55. The van der Waals surface area contributed by atoms with Crippen LogP contribution in [-0.4, -0.2) is 107 Å². The normalized spacial score (nSPS) is 33.1. The molecule has 1 aromatic carbocycles. The Bertz CT molecular complexity index is 732. The fourth-order valence-electron chi connectivity index (χ4n) is 4.77. The first-order valence-corrected chi connectivity index (χ1v) is 13.1. The highest BCUT2D eigenvalue weighted by atomic mass is 16.8. The molecule has 0 aromatic heterocycles. The van der Waals surface area contributed by atoms with Crippen molar-refractivity contribution in [3.8, 4) is 0 Å². The molecule has 3 heterocycles. The molecular formula is C27H43NO8. The predicted octanol–water partition coefficient (Wildman–Crippen LogP) is 2.61. The van der Waals surface area contributed by atoms with Crippen LogP contribution in [0.25, 0.3) is 0 Å². The summed E-state index contributed by atoms with van der Waals surface area (Å²) in [6.07, 6.45) is -1.40. The molecule has 3 aliphatic heterocycles. The van der Waals surface area contributed by atoms with E-state index >= 15 is 0 Å². The van der Waals surface area contributed by atoms with E-state index in [9.17, 15) is 0 Å². The van der Waals surface area contributed by atoms with Crippen LogP contribution in [0.1, 0.15) is 33.3 Å². The maximum Gasteiger partial charge on any atom is 0.163 e. The SMILES string of the molecule is CC1(C)OCC(C2OCCOCCN(Cc3ccccc3)CCOCCOC2C2COC(C)(C)O2)O1. The Labute approximate surface area is 215 Å². The molecule has 0 saturated carbocycles. The third-order valence-corrected chi connectivity index (χ3v) is 6.55. The summed E-state index contributed by atoms with van der Waals surface area (Å²) in [4.78, 5) is 2.35. The van der Waals surface area contributed by atoms with Gasteiger partial charge in [-0.15, -0.1) is 0 Å². The molecule has 0 amide bonds. The first-order valence-electron chi connectivity index (χ1n) is 13.1. The van der Waals surface area contributed by atoms with Crippen LogP contribution in [0.15, 0.2) is 30.3 Å². The number of hydrogen-bond donors (Lipinski definition) is 0. The molecule has 0 radical (unpaired) electrons. The highest BCUT2D eigenvalue weighted by molar-refractivity contribution is 5.14. The van der Waals surface area contributed by atoms with E-state index in [4.69, 9.17) is 37.9 Å². The lowest BCUT2D eigenvalue weighted by molar-refractivity contribution is -0.207. The zero-order valence-corrected chi connectivity index (χ0v) is 22.2. The largest absolute Gasteiger partial charge is 0.378 e. The van der Waals surface area contributed by atoms with Crippen molar-refractivity contribution in [2.75, 3.05) is 65.9 Å². The van der Waals surface area contributed by atoms with E-state index in [0.717, 1.165) is 19.6 Å². The molecular weight excluding hydrogens is 466 g/mol. The Morgan fingerprint density at radius 1 is 0.694 bits per heavy atom. The zero-order chi connectivity index (χ0) is 25.4. The maximum absolute atomic E-state index is 6.37. The molecule has 3 aliphatic rings. The van der Waals surface area contributed by atoms with Crippen LogP contribution < -0.4 is 0 Å². The summed E-state index contributed by atoms with van der Waals surface area (Å²) >= 11 is 0. The fraction of sp³-hybridized carbons (Fsp3) is 0.778. The number of ether oxygens (including phenoxy) is 8. The molecule has 36 heavy (non-hydrogen) atoms. The van der Waals surface area contributed by atoms with Crippen molar-refractivity contribution in [1.29, 1.82) is 0 Å². The lowest BCUT2D eigenvalue weighted by Crippen LogP contribution is -2.51. The second-order valence-corrected chi connectivity index (χ2v) is 10.4. The number of rotatable bonds is 4. The first-order chi connectivity index (χ1) is 17.3. The van der Waals surface area contributed by atoms with Crippen molar-refractivity contribution in [3.05, 3.63) is 35.9 Å². The summed E-state index contributed by atoms with van der Waals surface area (Å²) in [5.41, 5.74) is 1.27. The van der Waals surface area contributed by atoms with Gasteiger partial charge in [-0.05, 0) is 33.3 Å². The summed E-state index contributed by atoms with van der Waals surface area (Å²) in [7, 11) is 0. The molecule has 0 N–H and O–H groups in total. The van der Waals surface area contributed by atoms with Crippen molar-refractivity contribution in [3.63, 3.8) is 0 Å². The minimum atomic E-state index is -0.677. The number of benzene rings is 1. The van der Waals surface area contributed by atoms with Crippen molar-refractivity contribution in [2.24, 2.45) is 0 Å². The topological polar surface area (TPSA) is 77.1 Å². The molecule has 4 rings (SSSR count). The average Bonchev–Trinajstić information content (AvgIpc) is 3.39. The highest BCUT2D eigenvalue weighted by Gasteiger charge is 2.48. The maximum atomic E-state index is 6.37. The standard InChI is InChI=1S/C27H43NO8/c1-26(2)33-19-22(35-26)24-25(23-20-34-27(3,4)36-23)32-17-15-30-13-11-28(10-12-29-14-16-31-24)18-21-8-6-5-7-9-21/h5-9,22-25H,10-20H2,1-4H3. The van der Waals surface area contributed by atoms with E-state index in [2.05, 4.69) is 29.2 Å². The van der Waals surface area contributed by atoms with Crippen molar-refractivity contribution in [1.82, 2.24) is 4.90 Å². The van der Waals surface area contributed by atoms with Gasteiger partial charge in [0.1, 0.15) is 24.4 Å². The Morgan fingerprint density at radius 2 is 1.19 bits per heavy atom. The van der Waals surface area contributed by atoms with E-state index in [1.165, 1.54) is 5.56 Å². The molecule has 1 aromatic rings. The Hall–Kier alpha value is -1.14. The molecule has 9 nitrogen and oxygen atoms in total. The van der Waals surface area contributed by atoms with Gasteiger partial charge in [0, 0.05) is 19.6 Å². The minimum absolute atomic E-state index is 0.296. The van der Waals surface area contributed by atoms with Crippen molar-refractivity contribution >= 4 is 0 Å². The van der Waals surface area contributed by atoms with Crippen LogP contribution in [0.2, 0.25) is 0 Å². The lowest BCUT2D eigenvalue weighted by atomic mass is 10.0. The molecule has 3 fully saturated rings. The van der Waals surface area contributed by atoms with Crippen LogP contribution >= 0.6 is 0 Å². The van der Waals surface area contributed by atoms with Gasteiger partial charge < -0.3 is 37.9 Å². The Morgan fingerprint density at radius 3 is 1.64 bits per heavy atom. The van der Waals surface area contributed by atoms with E-state index in [0.29, 0.717) is 52.9 Å². The zero-order valence-electron chi connectivity index (χ0n) is 22.2. The van der Waals surface area contributed by atoms with Crippen LogP contribution in [-0.2, 0) is 44.4 Å². The molecule has 0 spiro atoms. The van der Waals surface area contributed by atoms with Gasteiger partial charge in [0.05, 0.1) is 52.9 Å². The highest BCUT2D eigenvalue weighted by Crippen LogP contribution is 2.32. The molecule has 3 saturated heterocycles. The van der Waals surface area contributed by atoms with Gasteiger partial charge in [-0.3, -0.25) is 4.90 Å². The van der Waals surface area contributed by atoms with Crippen molar-refractivity contribution < 1.29 is 37.9 Å². The smallest absolute Gasteiger partial charge is 0.163 e. The summed E-state index contributed by atoms with van der Waals surface area (Å²) in [6.45, 7) is 14.0. The monoisotopic (exact) mass is 509 g/mol. The quantitative estimate of drug-likeness (QED) is 0.609. The van der Waals surface area contributed by atoms with Crippen LogP contribution in [0.5, 0.6) is 0 Å². The van der Waals surface area contributed by atoms with Crippen molar-refractivity contribution in [2.45, 2.75) is 70.2 Å². The average molecular weight is 510 g/mol. The summed E-state index contributed by atoms with van der Waals surface area (Å²) < 4.78 is 48.7. The number of hydrogen-bond acceptors (Lipinski definition) is 9. The fourth-order valence-corrected chi connectivity index (χ4v) is 4.77. The first kappa shape index (κ1) is 27.9. The second kappa shape index (κ2) is 13.1. The molecule has 4 atom stereocenters. The molecule has 4 unspecified atom stereocenters. The summed E-state index contributed by atoms with van der Waals surface area (Å²) in [5.74, 6) is -1.35. The van der Waals surface area contributed by atoms with Gasteiger partial charge >= 0.3 is 0 Å². The van der Waals surface area contributed by atoms with Crippen LogP contribution in [0.3, 0.4) is 0 Å².